The minimum absolute atomic E-state index is 0.126. The summed E-state index contributed by atoms with van der Waals surface area (Å²) in [5.74, 6) is -1.19. The van der Waals surface area contributed by atoms with Gasteiger partial charge in [-0.15, -0.1) is 0 Å². The zero-order chi connectivity index (χ0) is 8.15. The molecule has 2 unspecified atom stereocenters. The summed E-state index contributed by atoms with van der Waals surface area (Å²) in [6.45, 7) is 1.35. The van der Waals surface area contributed by atoms with Crippen LogP contribution in [0, 0.1) is 5.92 Å². The molecular weight excluding hydrogens is 134 g/mol. The van der Waals surface area contributed by atoms with E-state index in [9.17, 15) is 4.79 Å². The van der Waals surface area contributed by atoms with Gasteiger partial charge in [-0.25, -0.2) is 0 Å². The molecule has 4 heteroatoms. The van der Waals surface area contributed by atoms with Gasteiger partial charge in [0.15, 0.2) is 0 Å². The van der Waals surface area contributed by atoms with E-state index in [1.165, 1.54) is 6.92 Å². The Hall–Kier alpha value is -0.610. The highest BCUT2D eigenvalue weighted by molar-refractivity contribution is 5.77. The first kappa shape index (κ1) is 9.39. The SMILES string of the molecule is CC(O)C(CCO)C(N)=O. The van der Waals surface area contributed by atoms with Gasteiger partial charge in [0.25, 0.3) is 0 Å². The maximum Gasteiger partial charge on any atom is 0.223 e. The molecule has 0 saturated carbocycles. The number of carbonyl (C=O) groups is 1. The normalized spacial score (nSPS) is 16.3. The highest BCUT2D eigenvalue weighted by Gasteiger charge is 2.19. The van der Waals surface area contributed by atoms with E-state index in [2.05, 4.69) is 0 Å². The molecule has 0 aliphatic carbocycles. The topological polar surface area (TPSA) is 83.6 Å². The Labute approximate surface area is 59.7 Å². The van der Waals surface area contributed by atoms with Gasteiger partial charge >= 0.3 is 0 Å². The Bertz CT molecular complexity index is 114. The minimum atomic E-state index is -0.773. The number of rotatable bonds is 4. The molecule has 0 bridgehead atoms. The average Bonchev–Trinajstić information content (AvgIpc) is 1.81. The lowest BCUT2D eigenvalue weighted by Gasteiger charge is -2.13. The molecule has 0 aliphatic heterocycles. The Kier molecular flexibility index (Phi) is 3.99. The molecular formula is C6H13NO3. The van der Waals surface area contributed by atoms with Crippen molar-refractivity contribution in [2.45, 2.75) is 19.4 Å². The molecule has 10 heavy (non-hydrogen) atoms. The third kappa shape index (κ3) is 2.80. The van der Waals surface area contributed by atoms with Gasteiger partial charge in [0.05, 0.1) is 12.0 Å². The Morgan fingerprint density at radius 3 is 2.30 bits per heavy atom. The Morgan fingerprint density at radius 2 is 2.20 bits per heavy atom. The first-order valence-electron chi connectivity index (χ1n) is 3.17. The van der Waals surface area contributed by atoms with Crippen LogP contribution in [0.25, 0.3) is 0 Å². The lowest BCUT2D eigenvalue weighted by molar-refractivity contribution is -0.125. The fourth-order valence-corrected chi connectivity index (χ4v) is 0.760. The summed E-state index contributed by atoms with van der Waals surface area (Å²) < 4.78 is 0. The van der Waals surface area contributed by atoms with E-state index in [1.54, 1.807) is 0 Å². The molecule has 0 fully saturated rings. The molecule has 0 saturated heterocycles. The van der Waals surface area contributed by atoms with Gasteiger partial charge in [0.1, 0.15) is 0 Å². The molecule has 2 atom stereocenters. The van der Waals surface area contributed by atoms with E-state index >= 15 is 0 Å². The van der Waals surface area contributed by atoms with E-state index in [1.807, 2.05) is 0 Å². The van der Waals surface area contributed by atoms with Crippen molar-refractivity contribution in [3.05, 3.63) is 0 Å². The van der Waals surface area contributed by atoms with E-state index in [0.29, 0.717) is 0 Å². The largest absolute Gasteiger partial charge is 0.396 e. The average molecular weight is 147 g/mol. The van der Waals surface area contributed by atoms with Gasteiger partial charge in [0.2, 0.25) is 5.91 Å². The fraction of sp³-hybridized carbons (Fsp3) is 0.833. The van der Waals surface area contributed by atoms with Crippen LogP contribution in [0.1, 0.15) is 13.3 Å². The summed E-state index contributed by atoms with van der Waals surface area (Å²) in [5, 5.41) is 17.3. The molecule has 0 aromatic rings. The maximum absolute atomic E-state index is 10.5. The highest BCUT2D eigenvalue weighted by atomic mass is 16.3. The molecule has 4 nitrogen and oxygen atoms in total. The summed E-state index contributed by atoms with van der Waals surface area (Å²) in [6, 6.07) is 0. The minimum Gasteiger partial charge on any atom is -0.396 e. The van der Waals surface area contributed by atoms with Crippen molar-refractivity contribution in [2.75, 3.05) is 6.61 Å². The molecule has 0 radical (unpaired) electrons. The molecule has 0 aromatic heterocycles. The molecule has 4 N–H and O–H groups in total. The monoisotopic (exact) mass is 147 g/mol. The van der Waals surface area contributed by atoms with Crippen LogP contribution in [-0.2, 0) is 4.79 Å². The van der Waals surface area contributed by atoms with Crippen molar-refractivity contribution < 1.29 is 15.0 Å². The lowest BCUT2D eigenvalue weighted by atomic mass is 10.00. The number of amides is 1. The summed E-state index contributed by atoms with van der Waals surface area (Å²) in [6.07, 6.45) is -0.544. The molecule has 0 heterocycles. The predicted molar refractivity (Wildman–Crippen MR) is 36.1 cm³/mol. The zero-order valence-electron chi connectivity index (χ0n) is 5.95. The second kappa shape index (κ2) is 4.24. The second-order valence-corrected chi connectivity index (χ2v) is 2.26. The van der Waals surface area contributed by atoms with Crippen LogP contribution in [0.4, 0.5) is 0 Å². The molecule has 0 aliphatic rings. The van der Waals surface area contributed by atoms with E-state index in [0.717, 1.165) is 0 Å². The smallest absolute Gasteiger partial charge is 0.223 e. The number of nitrogens with two attached hydrogens (primary N) is 1. The number of primary amides is 1. The highest BCUT2D eigenvalue weighted by Crippen LogP contribution is 2.06. The van der Waals surface area contributed by atoms with Crippen molar-refractivity contribution in [3.8, 4) is 0 Å². The van der Waals surface area contributed by atoms with Crippen molar-refractivity contribution in [1.82, 2.24) is 0 Å². The van der Waals surface area contributed by atoms with Gasteiger partial charge in [-0.2, -0.15) is 0 Å². The Balaban J connectivity index is 3.85. The van der Waals surface area contributed by atoms with Gasteiger partial charge in [-0.1, -0.05) is 0 Å². The van der Waals surface area contributed by atoms with Gasteiger partial charge in [-0.3, -0.25) is 4.79 Å². The molecule has 0 rings (SSSR count). The predicted octanol–water partition coefficient (Wildman–Crippen LogP) is -1.15. The zero-order valence-corrected chi connectivity index (χ0v) is 5.95. The maximum atomic E-state index is 10.5. The van der Waals surface area contributed by atoms with Crippen LogP contribution in [0.15, 0.2) is 0 Å². The first-order valence-corrected chi connectivity index (χ1v) is 3.17. The number of hydrogen-bond donors (Lipinski definition) is 3. The van der Waals surface area contributed by atoms with Crippen LogP contribution < -0.4 is 5.73 Å². The summed E-state index contributed by atoms with van der Waals surface area (Å²) in [5.41, 5.74) is 4.91. The Morgan fingerprint density at radius 1 is 1.70 bits per heavy atom. The van der Waals surface area contributed by atoms with Crippen molar-refractivity contribution in [1.29, 1.82) is 0 Å². The van der Waals surface area contributed by atoms with Crippen LogP contribution in [0.3, 0.4) is 0 Å². The summed E-state index contributed by atoms with van der Waals surface area (Å²) in [7, 11) is 0. The first-order chi connectivity index (χ1) is 4.59. The van der Waals surface area contributed by atoms with Crippen LogP contribution in [0.5, 0.6) is 0 Å². The fourth-order valence-electron chi connectivity index (χ4n) is 0.760. The van der Waals surface area contributed by atoms with Crippen molar-refractivity contribution in [3.63, 3.8) is 0 Å². The van der Waals surface area contributed by atoms with Crippen LogP contribution >= 0.6 is 0 Å². The van der Waals surface area contributed by atoms with Crippen LogP contribution in [-0.4, -0.2) is 28.8 Å². The van der Waals surface area contributed by atoms with Crippen molar-refractivity contribution in [2.24, 2.45) is 11.7 Å². The number of hydrogen-bond acceptors (Lipinski definition) is 3. The number of aliphatic hydroxyl groups excluding tert-OH is 2. The quantitative estimate of drug-likeness (QED) is 0.469. The molecule has 0 aromatic carbocycles. The standard InChI is InChI=1S/C6H13NO3/c1-4(9)5(2-3-8)6(7)10/h4-5,8-9H,2-3H2,1H3,(H2,7,10). The van der Waals surface area contributed by atoms with E-state index < -0.39 is 17.9 Å². The summed E-state index contributed by atoms with van der Waals surface area (Å²) >= 11 is 0. The van der Waals surface area contributed by atoms with E-state index in [-0.39, 0.29) is 13.0 Å². The van der Waals surface area contributed by atoms with Crippen LogP contribution in [0.2, 0.25) is 0 Å². The second-order valence-electron chi connectivity index (χ2n) is 2.26. The van der Waals surface area contributed by atoms with E-state index in [4.69, 9.17) is 15.9 Å². The third-order valence-corrected chi connectivity index (χ3v) is 1.39. The molecule has 60 valence electrons. The number of aliphatic hydroxyl groups is 2. The summed E-state index contributed by atoms with van der Waals surface area (Å²) in [4.78, 5) is 10.5. The van der Waals surface area contributed by atoms with Gasteiger partial charge < -0.3 is 15.9 Å². The van der Waals surface area contributed by atoms with Gasteiger partial charge in [-0.05, 0) is 13.3 Å². The van der Waals surface area contributed by atoms with Crippen molar-refractivity contribution >= 4 is 5.91 Å². The third-order valence-electron chi connectivity index (χ3n) is 1.39. The van der Waals surface area contributed by atoms with Gasteiger partial charge in [0, 0.05) is 6.61 Å². The lowest BCUT2D eigenvalue weighted by Crippen LogP contribution is -2.32. The number of carbonyl (C=O) groups excluding carboxylic acids is 1. The molecule has 1 amide bonds. The molecule has 0 spiro atoms.